The molecule has 2 heteroatoms. The molecule has 34 heavy (non-hydrogen) atoms. The lowest BCUT2D eigenvalue weighted by molar-refractivity contribution is 0.286. The predicted octanol–water partition coefficient (Wildman–Crippen LogP) is 9.04. The van der Waals surface area contributed by atoms with Crippen LogP contribution >= 0.6 is 0 Å². The molecule has 0 aliphatic carbocycles. The first-order valence-electron chi connectivity index (χ1n) is 20.3. The molecule has 0 aliphatic heterocycles. The van der Waals surface area contributed by atoms with Crippen LogP contribution in [0.3, 0.4) is 0 Å². The van der Waals surface area contributed by atoms with Gasteiger partial charge in [0, 0.05) is 25.7 Å². The van der Waals surface area contributed by atoms with Crippen LogP contribution in [-0.4, -0.2) is 14.9 Å². The van der Waals surface area contributed by atoms with Crippen LogP contribution in [0.2, 0.25) is 5.04 Å². The van der Waals surface area contributed by atoms with Crippen molar-refractivity contribution < 1.29 is 26.4 Å². The first kappa shape index (κ1) is 13.2. The van der Waals surface area contributed by atoms with Gasteiger partial charge in [-0.2, -0.15) is 0 Å². The van der Waals surface area contributed by atoms with E-state index in [1.54, 1.807) is 81.4 Å². The van der Waals surface area contributed by atoms with E-state index >= 15 is 0 Å². The highest BCUT2D eigenvalue weighted by Crippen LogP contribution is 2.36. The summed E-state index contributed by atoms with van der Waals surface area (Å²) in [5.74, 6) is 0. The highest BCUT2D eigenvalue weighted by molar-refractivity contribution is 6.99. The summed E-state index contributed by atoms with van der Waals surface area (Å²) >= 11 is 0. The van der Waals surface area contributed by atoms with Crippen LogP contribution in [0.4, 0.5) is 0 Å². The number of benzene rings is 2. The first-order chi connectivity index (χ1) is 22.5. The Labute approximate surface area is 235 Å². The average Bonchev–Trinajstić information content (AvgIpc) is 3.01. The Morgan fingerprint density at radius 1 is 0.618 bits per heavy atom. The summed E-state index contributed by atoms with van der Waals surface area (Å²) < 4.78 is 145. The molecule has 0 unspecified atom stereocenters. The van der Waals surface area contributed by atoms with Gasteiger partial charge in [0.2, 0.25) is 0 Å². The minimum Gasteiger partial charge on any atom is -0.407 e. The van der Waals surface area contributed by atoms with E-state index in [4.69, 9.17) is 26.4 Å². The van der Waals surface area contributed by atoms with E-state index in [0.717, 1.165) is 25.7 Å². The third kappa shape index (κ3) is 9.34. The molecule has 0 bridgehead atoms. The minimum absolute atomic E-state index is 0.144. The van der Waals surface area contributed by atoms with E-state index < -0.39 is 70.9 Å². The molecule has 2 aromatic carbocycles. The first-order valence-corrected chi connectivity index (χ1v) is 14.2. The summed E-state index contributed by atoms with van der Waals surface area (Å²) in [5.41, 5.74) is 0. The summed E-state index contributed by atoms with van der Waals surface area (Å²) in [6.45, 7) is 3.60. The summed E-state index contributed by atoms with van der Waals surface area (Å²) in [7, 11) is -3.98. The molecule has 0 spiro atoms. The maximum Gasteiger partial charge on any atom is 0.261 e. The van der Waals surface area contributed by atoms with Gasteiger partial charge in [0.1, 0.15) is 0 Å². The average molecular weight is 497 g/mol. The Morgan fingerprint density at radius 3 is 1.56 bits per heavy atom. The van der Waals surface area contributed by atoms with Crippen LogP contribution in [0.1, 0.15) is 139 Å². The van der Waals surface area contributed by atoms with Crippen LogP contribution in [0.25, 0.3) is 0 Å². The zero-order valence-corrected chi connectivity index (χ0v) is 22.1. The van der Waals surface area contributed by atoms with E-state index in [-0.39, 0.29) is 6.42 Å². The van der Waals surface area contributed by atoms with Crippen molar-refractivity contribution in [3.05, 3.63) is 60.7 Å². The van der Waals surface area contributed by atoms with E-state index in [2.05, 4.69) is 0 Å². The van der Waals surface area contributed by atoms with Crippen molar-refractivity contribution in [2.45, 2.75) is 122 Å². The van der Waals surface area contributed by atoms with Crippen molar-refractivity contribution >= 4 is 18.7 Å². The maximum atomic E-state index is 8.96. The summed E-state index contributed by atoms with van der Waals surface area (Å²) in [5, 5.41) is 0.0537. The number of hydrogen-bond donors (Lipinski definition) is 0. The molecule has 190 valence electrons. The quantitative estimate of drug-likeness (QED) is 0.148. The fourth-order valence-corrected chi connectivity index (χ4v) is 8.14. The van der Waals surface area contributed by atoms with Gasteiger partial charge in [0.15, 0.2) is 0 Å². The summed E-state index contributed by atoms with van der Waals surface area (Å²) in [6.07, 6.45) is -24.0. The van der Waals surface area contributed by atoms with Crippen LogP contribution in [0.15, 0.2) is 60.7 Å². The Kier molecular flexibility index (Phi) is 6.36. The van der Waals surface area contributed by atoms with E-state index in [1.165, 1.54) is 0 Å². The van der Waals surface area contributed by atoms with Gasteiger partial charge in [-0.05, 0) is 21.8 Å². The van der Waals surface area contributed by atoms with Crippen LogP contribution in [-0.2, 0) is 4.43 Å². The lowest BCUT2D eigenvalue weighted by Crippen LogP contribution is -2.66. The van der Waals surface area contributed by atoms with Crippen molar-refractivity contribution in [2.75, 3.05) is 6.56 Å². The van der Waals surface area contributed by atoms with E-state index in [9.17, 15) is 0 Å². The van der Waals surface area contributed by atoms with Gasteiger partial charge >= 0.3 is 0 Å². The summed E-state index contributed by atoms with van der Waals surface area (Å²) in [4.78, 5) is 0. The van der Waals surface area contributed by atoms with Gasteiger partial charge in [-0.25, -0.2) is 0 Å². The molecule has 0 heterocycles. The van der Waals surface area contributed by atoms with Gasteiger partial charge in [-0.3, -0.25) is 0 Å². The molecule has 0 radical (unpaired) electrons. The second kappa shape index (κ2) is 16.3. The second-order valence-electron chi connectivity index (χ2n) is 9.31. The summed E-state index contributed by atoms with van der Waals surface area (Å²) in [6, 6.07) is 16.9. The third-order valence-corrected chi connectivity index (χ3v) is 10.5. The van der Waals surface area contributed by atoms with Crippen LogP contribution in [0, 0.1) is 0 Å². The fraction of sp³-hybridized carbons (Fsp3) is 0.625. The molecular weight excluding hydrogens is 428 g/mol. The molecule has 0 saturated heterocycles. The topological polar surface area (TPSA) is 9.23 Å². The maximum absolute atomic E-state index is 8.96. The lowest BCUT2D eigenvalue weighted by atomic mass is 10.0. The van der Waals surface area contributed by atoms with E-state index in [1.807, 2.05) is 6.92 Å². The molecule has 0 aromatic heterocycles. The Bertz CT molecular complexity index is 1340. The van der Waals surface area contributed by atoms with Crippen LogP contribution < -0.4 is 10.4 Å². The van der Waals surface area contributed by atoms with Crippen LogP contribution in [0.5, 0.6) is 0 Å². The molecule has 0 N–H and O–H groups in total. The predicted molar refractivity (Wildman–Crippen MR) is 154 cm³/mol. The van der Waals surface area contributed by atoms with Gasteiger partial charge in [0.25, 0.3) is 8.32 Å². The highest BCUT2D eigenvalue weighted by Gasteiger charge is 2.49. The van der Waals surface area contributed by atoms with Crippen molar-refractivity contribution in [2.24, 2.45) is 0 Å². The van der Waals surface area contributed by atoms with Crippen molar-refractivity contribution in [1.29, 1.82) is 0 Å². The molecule has 2 aromatic rings. The molecule has 1 nitrogen and oxygen atoms in total. The molecule has 2 rings (SSSR count). The van der Waals surface area contributed by atoms with Gasteiger partial charge in [-0.1, -0.05) is 172 Å². The van der Waals surface area contributed by atoms with Gasteiger partial charge < -0.3 is 4.43 Å². The normalized spacial score (nSPS) is 22.6. The van der Waals surface area contributed by atoms with Gasteiger partial charge in [0.05, 0.1) is 2.74 Å². The Hall–Kier alpha value is -1.38. The monoisotopic (exact) mass is 496 g/mol. The SMILES string of the molecule is [2H]C([2H])(CCCCCCCC)C([2H])([2H])C([2H])([2H])C([2H])([2H])C([2H])([2H])C([2H])([2H])C([2H])([2H])C([2H])([2H])O[Si](c1ccccc1)(c1ccccc1)C(C)(C)C. The number of unbranched alkanes of at least 4 members (excludes halogenated alkanes) is 5. The largest absolute Gasteiger partial charge is 0.407 e. The third-order valence-electron chi connectivity index (χ3n) is 5.73. The molecule has 0 saturated carbocycles. The lowest BCUT2D eigenvalue weighted by Gasteiger charge is -2.43. The van der Waals surface area contributed by atoms with Crippen molar-refractivity contribution in [3.8, 4) is 0 Å². The second-order valence-corrected chi connectivity index (χ2v) is 13.5. The standard InChI is InChI=1S/C32H52OSi/c1-5-6-7-8-9-10-11-12-13-14-15-16-17-24-29-33-34(32(2,3)4,30-25-20-18-21-26-30)31-27-22-19-23-28-31/h18-23,25-28H,5-17,24,29H2,1-4H3/i12D2,13D2,14D2,15D2,16D2,17D2,24D2,29D2. The van der Waals surface area contributed by atoms with Gasteiger partial charge in [-0.15, -0.1) is 0 Å². The Morgan fingerprint density at radius 2 is 1.06 bits per heavy atom. The molecule has 0 amide bonds. The van der Waals surface area contributed by atoms with Crippen molar-refractivity contribution in [1.82, 2.24) is 0 Å². The Balaban J connectivity index is 2.66. The highest BCUT2D eigenvalue weighted by atomic mass is 28.4. The minimum atomic E-state index is -4.29. The van der Waals surface area contributed by atoms with Crippen molar-refractivity contribution in [3.63, 3.8) is 0 Å². The number of rotatable bonds is 18. The molecule has 0 atom stereocenters. The zero-order chi connectivity index (χ0) is 38.9. The fourth-order valence-electron chi connectivity index (χ4n) is 4.00. The molecule has 0 aliphatic rings. The molecule has 0 fully saturated rings. The number of hydrogen-bond acceptors (Lipinski definition) is 1. The molecular formula is C32H52OSi. The zero-order valence-electron chi connectivity index (χ0n) is 37.1. The smallest absolute Gasteiger partial charge is 0.261 e. The van der Waals surface area contributed by atoms with E-state index in [0.29, 0.717) is 16.8 Å².